The smallest absolute Gasteiger partial charge is 0.0714 e. The van der Waals surface area contributed by atoms with Gasteiger partial charge in [0.2, 0.25) is 0 Å². The van der Waals surface area contributed by atoms with E-state index in [1.807, 2.05) is 0 Å². The first-order chi connectivity index (χ1) is 3.43. The molecule has 38 valence electrons. The number of hydrogen-bond donors (Lipinski definition) is 0. The van der Waals surface area contributed by atoms with Crippen molar-refractivity contribution in [3.8, 4) is 0 Å². The van der Waals surface area contributed by atoms with Gasteiger partial charge in [0.25, 0.3) is 0 Å². The summed E-state index contributed by atoms with van der Waals surface area (Å²) in [7, 11) is 0. The third kappa shape index (κ3) is 1.48. The zero-order chi connectivity index (χ0) is 5.11. The van der Waals surface area contributed by atoms with E-state index < -0.39 is 0 Å². The topological polar surface area (TPSA) is 24.7 Å². The van der Waals surface area contributed by atoms with E-state index in [1.165, 1.54) is 19.0 Å². The lowest BCUT2D eigenvalue weighted by molar-refractivity contribution is 0.951. The average Bonchev–Trinajstić information content (AvgIpc) is 2.42. The minimum atomic E-state index is 0.540. The highest BCUT2D eigenvalue weighted by Crippen LogP contribution is 2.23. The van der Waals surface area contributed by atoms with Gasteiger partial charge in [-0.2, -0.15) is 10.2 Å². The van der Waals surface area contributed by atoms with Crippen molar-refractivity contribution in [3.05, 3.63) is 12.8 Å². The van der Waals surface area contributed by atoms with E-state index in [4.69, 9.17) is 0 Å². The van der Waals surface area contributed by atoms with Crippen molar-refractivity contribution in [3.63, 3.8) is 0 Å². The van der Waals surface area contributed by atoms with Gasteiger partial charge in [-0.05, 0) is 12.8 Å². The molecule has 1 fully saturated rings. The lowest BCUT2D eigenvalue weighted by Gasteiger charge is -1.72. The molecule has 1 saturated carbocycles. The standard InChI is InChI=1S/C5H8N2/c1-2-6-7-5-3-4-5/h2,5H,1,3-4H2. The molecule has 7 heavy (non-hydrogen) atoms. The molecule has 0 aromatic carbocycles. The fourth-order valence-electron chi connectivity index (χ4n) is 0.331. The van der Waals surface area contributed by atoms with E-state index in [9.17, 15) is 0 Å². The Morgan fingerprint density at radius 3 is 2.71 bits per heavy atom. The molecule has 2 nitrogen and oxygen atoms in total. The molecule has 0 N–H and O–H groups in total. The molecule has 0 aliphatic heterocycles. The third-order valence-corrected chi connectivity index (χ3v) is 0.858. The van der Waals surface area contributed by atoms with Crippen molar-refractivity contribution in [1.29, 1.82) is 0 Å². The van der Waals surface area contributed by atoms with E-state index in [2.05, 4.69) is 16.8 Å². The van der Waals surface area contributed by atoms with Crippen molar-refractivity contribution < 1.29 is 0 Å². The fraction of sp³-hybridized carbons (Fsp3) is 0.600. The third-order valence-electron chi connectivity index (χ3n) is 0.858. The van der Waals surface area contributed by atoms with Crippen LogP contribution in [-0.4, -0.2) is 6.04 Å². The average molecular weight is 96.1 g/mol. The lowest BCUT2D eigenvalue weighted by atomic mass is 10.8. The molecule has 0 amide bonds. The molecule has 1 aliphatic carbocycles. The minimum absolute atomic E-state index is 0.540. The van der Waals surface area contributed by atoms with Gasteiger partial charge < -0.3 is 0 Å². The SMILES string of the molecule is C=CN=NC1CC1. The van der Waals surface area contributed by atoms with Crippen LogP contribution in [0, 0.1) is 0 Å². The van der Waals surface area contributed by atoms with Crippen LogP contribution in [0.5, 0.6) is 0 Å². The molecule has 0 unspecified atom stereocenters. The first-order valence-electron chi connectivity index (χ1n) is 2.44. The van der Waals surface area contributed by atoms with Gasteiger partial charge in [0.15, 0.2) is 0 Å². The second-order valence-electron chi connectivity index (χ2n) is 1.64. The molecule has 0 heterocycles. The molecule has 0 saturated heterocycles. The number of nitrogens with zero attached hydrogens (tertiary/aromatic N) is 2. The van der Waals surface area contributed by atoms with Crippen molar-refractivity contribution in [2.75, 3.05) is 0 Å². The van der Waals surface area contributed by atoms with Crippen LogP contribution in [0.4, 0.5) is 0 Å². The largest absolute Gasteiger partial charge is 0.186 e. The molecule has 0 atom stereocenters. The summed E-state index contributed by atoms with van der Waals surface area (Å²) in [5, 5.41) is 7.48. The van der Waals surface area contributed by atoms with Crippen LogP contribution in [0.25, 0.3) is 0 Å². The zero-order valence-corrected chi connectivity index (χ0v) is 4.17. The number of rotatable bonds is 2. The Morgan fingerprint density at radius 2 is 2.29 bits per heavy atom. The summed E-state index contributed by atoms with van der Waals surface area (Å²) in [6.07, 6.45) is 3.91. The maximum Gasteiger partial charge on any atom is 0.0714 e. The summed E-state index contributed by atoms with van der Waals surface area (Å²) in [5.41, 5.74) is 0. The van der Waals surface area contributed by atoms with Crippen LogP contribution in [0.1, 0.15) is 12.8 Å². The minimum Gasteiger partial charge on any atom is -0.186 e. The van der Waals surface area contributed by atoms with Gasteiger partial charge in [-0.1, -0.05) is 6.58 Å². The van der Waals surface area contributed by atoms with E-state index in [-0.39, 0.29) is 0 Å². The van der Waals surface area contributed by atoms with Crippen LogP contribution < -0.4 is 0 Å². The Hall–Kier alpha value is -0.660. The number of azo groups is 1. The number of hydrogen-bond acceptors (Lipinski definition) is 2. The van der Waals surface area contributed by atoms with Crippen molar-refractivity contribution >= 4 is 0 Å². The molecule has 0 bridgehead atoms. The van der Waals surface area contributed by atoms with Gasteiger partial charge in [-0.15, -0.1) is 0 Å². The second kappa shape index (κ2) is 1.87. The summed E-state index contributed by atoms with van der Waals surface area (Å²) >= 11 is 0. The predicted octanol–water partition coefficient (Wildman–Crippen LogP) is 1.74. The first kappa shape index (κ1) is 4.50. The summed E-state index contributed by atoms with van der Waals surface area (Å²) < 4.78 is 0. The molecule has 0 spiro atoms. The zero-order valence-electron chi connectivity index (χ0n) is 4.17. The molecule has 1 rings (SSSR count). The van der Waals surface area contributed by atoms with Crippen LogP contribution in [0.3, 0.4) is 0 Å². The van der Waals surface area contributed by atoms with E-state index >= 15 is 0 Å². The summed E-state index contributed by atoms with van der Waals surface area (Å²) in [4.78, 5) is 0. The molecule has 2 heteroatoms. The van der Waals surface area contributed by atoms with Gasteiger partial charge in [0, 0.05) is 6.20 Å². The van der Waals surface area contributed by atoms with Crippen LogP contribution in [0.15, 0.2) is 23.0 Å². The highest BCUT2D eigenvalue weighted by Gasteiger charge is 2.19. The summed E-state index contributed by atoms with van der Waals surface area (Å²) in [6.45, 7) is 3.40. The van der Waals surface area contributed by atoms with Crippen molar-refractivity contribution in [1.82, 2.24) is 0 Å². The molecule has 0 aromatic rings. The molecular weight excluding hydrogens is 88.1 g/mol. The van der Waals surface area contributed by atoms with E-state index in [0.29, 0.717) is 6.04 Å². The Bertz CT molecular complexity index is 92.3. The highest BCUT2D eigenvalue weighted by molar-refractivity contribution is 4.79. The van der Waals surface area contributed by atoms with Crippen LogP contribution in [0.2, 0.25) is 0 Å². The molecular formula is C5H8N2. The van der Waals surface area contributed by atoms with Gasteiger partial charge in [-0.25, -0.2) is 0 Å². The molecule has 0 aromatic heterocycles. The van der Waals surface area contributed by atoms with Crippen molar-refractivity contribution in [2.24, 2.45) is 10.2 Å². The van der Waals surface area contributed by atoms with Crippen LogP contribution >= 0.6 is 0 Å². The Kier molecular flexibility index (Phi) is 1.20. The highest BCUT2D eigenvalue weighted by atomic mass is 15.1. The quantitative estimate of drug-likeness (QED) is 0.468. The Balaban J connectivity index is 2.17. The van der Waals surface area contributed by atoms with Gasteiger partial charge in [0.1, 0.15) is 0 Å². The van der Waals surface area contributed by atoms with Gasteiger partial charge in [0.05, 0.1) is 6.04 Å². The second-order valence-corrected chi connectivity index (χ2v) is 1.64. The predicted molar refractivity (Wildman–Crippen MR) is 28.1 cm³/mol. The van der Waals surface area contributed by atoms with Gasteiger partial charge >= 0.3 is 0 Å². The Labute approximate surface area is 43.0 Å². The van der Waals surface area contributed by atoms with E-state index in [0.717, 1.165) is 0 Å². The molecule has 1 aliphatic rings. The summed E-state index contributed by atoms with van der Waals surface area (Å²) in [5.74, 6) is 0. The van der Waals surface area contributed by atoms with Crippen LogP contribution in [-0.2, 0) is 0 Å². The lowest BCUT2D eigenvalue weighted by Crippen LogP contribution is -1.64. The maximum absolute atomic E-state index is 3.86. The van der Waals surface area contributed by atoms with E-state index in [1.54, 1.807) is 0 Å². The Morgan fingerprint density at radius 1 is 1.57 bits per heavy atom. The molecule has 0 radical (unpaired) electrons. The summed E-state index contributed by atoms with van der Waals surface area (Å²) in [6, 6.07) is 0.540. The monoisotopic (exact) mass is 96.1 g/mol. The van der Waals surface area contributed by atoms with Crippen molar-refractivity contribution in [2.45, 2.75) is 18.9 Å². The first-order valence-corrected chi connectivity index (χ1v) is 2.44. The van der Waals surface area contributed by atoms with Gasteiger partial charge in [-0.3, -0.25) is 0 Å². The maximum atomic E-state index is 3.86. The fourth-order valence-corrected chi connectivity index (χ4v) is 0.331. The normalized spacial score (nSPS) is 20.6.